The zero-order chi connectivity index (χ0) is 24.5. The molecule has 2 atom stereocenters. The molecular weight excluding hydrogens is 420 g/mol. The topological polar surface area (TPSA) is 158 Å². The first-order valence-electron chi connectivity index (χ1n) is 9.70. The normalized spacial score (nSPS) is 12.5. The summed E-state index contributed by atoms with van der Waals surface area (Å²) < 4.78 is 9.62. The molecule has 0 heterocycles. The predicted molar refractivity (Wildman–Crippen MR) is 112 cm³/mol. The molecule has 11 heteroatoms. The summed E-state index contributed by atoms with van der Waals surface area (Å²) in [6.45, 7) is 5.30. The number of phenols is 1. The van der Waals surface area contributed by atoms with Gasteiger partial charge in [-0.2, -0.15) is 5.26 Å². The summed E-state index contributed by atoms with van der Waals surface area (Å²) >= 11 is 0. The van der Waals surface area contributed by atoms with E-state index in [1.54, 1.807) is 26.8 Å². The van der Waals surface area contributed by atoms with Crippen LogP contribution in [-0.4, -0.2) is 65.7 Å². The minimum absolute atomic E-state index is 0.0305. The Kier molecular flexibility index (Phi) is 9.46. The Morgan fingerprint density at radius 2 is 1.84 bits per heavy atom. The average molecular weight is 448 g/mol. The number of nitrogens with zero attached hydrogens (tertiary/aromatic N) is 2. The number of phenolic OH excluding ortho intramolecular Hbond substituents is 1. The maximum Gasteiger partial charge on any atom is 0.408 e. The fourth-order valence-electron chi connectivity index (χ4n) is 2.66. The molecule has 0 radical (unpaired) electrons. The molecule has 1 aromatic rings. The highest BCUT2D eigenvalue weighted by Gasteiger charge is 2.36. The molecule has 0 fully saturated rings. The largest absolute Gasteiger partial charge is 0.508 e. The number of methoxy groups -OCH3 is 1. The van der Waals surface area contributed by atoms with Crippen molar-refractivity contribution in [2.75, 3.05) is 20.2 Å². The van der Waals surface area contributed by atoms with Crippen molar-refractivity contribution in [2.24, 2.45) is 0 Å². The third-order valence-electron chi connectivity index (χ3n) is 4.05. The number of aromatic hydroxyl groups is 1. The summed E-state index contributed by atoms with van der Waals surface area (Å²) in [6, 6.07) is 4.95. The van der Waals surface area contributed by atoms with Gasteiger partial charge in [-0.25, -0.2) is 4.79 Å². The van der Waals surface area contributed by atoms with Crippen LogP contribution in [-0.2, 0) is 23.9 Å². The van der Waals surface area contributed by atoms with Gasteiger partial charge >= 0.3 is 12.1 Å². The monoisotopic (exact) mass is 448 g/mol. The van der Waals surface area contributed by atoms with Crippen molar-refractivity contribution < 1.29 is 33.8 Å². The van der Waals surface area contributed by atoms with Gasteiger partial charge in [0.1, 0.15) is 36.5 Å². The Morgan fingerprint density at radius 3 is 2.38 bits per heavy atom. The lowest BCUT2D eigenvalue weighted by Crippen LogP contribution is -2.52. The van der Waals surface area contributed by atoms with Crippen molar-refractivity contribution in [1.29, 1.82) is 5.26 Å². The van der Waals surface area contributed by atoms with Crippen LogP contribution in [0.2, 0.25) is 0 Å². The highest BCUT2D eigenvalue weighted by Crippen LogP contribution is 2.29. The van der Waals surface area contributed by atoms with Gasteiger partial charge < -0.3 is 30.1 Å². The summed E-state index contributed by atoms with van der Waals surface area (Å²) in [7, 11) is 1.14. The number of rotatable bonds is 8. The highest BCUT2D eigenvalue weighted by atomic mass is 16.6. The second-order valence-corrected chi connectivity index (χ2v) is 7.75. The number of benzene rings is 1. The molecule has 3 amide bonds. The van der Waals surface area contributed by atoms with E-state index in [9.17, 15) is 29.5 Å². The Labute approximate surface area is 186 Å². The van der Waals surface area contributed by atoms with Crippen LogP contribution < -0.4 is 10.6 Å². The van der Waals surface area contributed by atoms with Crippen LogP contribution in [0.1, 0.15) is 39.3 Å². The predicted octanol–water partition coefficient (Wildman–Crippen LogP) is 0.988. The molecule has 2 unspecified atom stereocenters. The first-order chi connectivity index (χ1) is 14.9. The molecule has 1 aromatic carbocycles. The van der Waals surface area contributed by atoms with Crippen molar-refractivity contribution >= 4 is 23.9 Å². The molecule has 0 saturated carbocycles. The van der Waals surface area contributed by atoms with E-state index in [1.807, 2.05) is 0 Å². The van der Waals surface area contributed by atoms with E-state index in [0.717, 1.165) is 12.0 Å². The molecule has 0 saturated heterocycles. The Hall–Kier alpha value is -3.81. The van der Waals surface area contributed by atoms with Gasteiger partial charge in [-0.05, 0) is 33.8 Å². The maximum atomic E-state index is 13.1. The van der Waals surface area contributed by atoms with Gasteiger partial charge in [-0.15, -0.1) is 0 Å². The fourth-order valence-corrected chi connectivity index (χ4v) is 2.66. The molecule has 11 nitrogen and oxygen atoms in total. The van der Waals surface area contributed by atoms with Gasteiger partial charge in [0.15, 0.2) is 0 Å². The molecule has 32 heavy (non-hydrogen) atoms. The van der Waals surface area contributed by atoms with Crippen molar-refractivity contribution in [1.82, 2.24) is 15.5 Å². The van der Waals surface area contributed by atoms with E-state index in [0.29, 0.717) is 0 Å². The van der Waals surface area contributed by atoms with Crippen LogP contribution in [0.4, 0.5) is 4.79 Å². The van der Waals surface area contributed by atoms with Gasteiger partial charge in [0, 0.05) is 5.56 Å². The maximum absolute atomic E-state index is 13.1. The lowest BCUT2D eigenvalue weighted by Gasteiger charge is -2.32. The molecule has 1 rings (SSSR count). The molecule has 3 N–H and O–H groups in total. The molecule has 174 valence electrons. The first kappa shape index (κ1) is 26.2. The standard InChI is InChI=1S/C21H28N4O7/c1-13(24-20(30)32-21(2,3)4)19(29)25(11-10-22)17(14-8-6-7-9-15(14)26)18(28)23-12-16(27)31-5/h6-9,13,17,26H,11-12H2,1-5H3,(H,23,28)(H,24,30). The van der Waals surface area contributed by atoms with Crippen LogP contribution >= 0.6 is 0 Å². The number of carbonyl (C=O) groups excluding carboxylic acids is 4. The Bertz CT molecular complexity index is 889. The van der Waals surface area contributed by atoms with Crippen molar-refractivity contribution in [2.45, 2.75) is 45.4 Å². The number of ether oxygens (including phenoxy) is 2. The molecule has 0 bridgehead atoms. The zero-order valence-corrected chi connectivity index (χ0v) is 18.7. The average Bonchev–Trinajstić information content (AvgIpc) is 2.70. The summed E-state index contributed by atoms with van der Waals surface area (Å²) in [5, 5.41) is 24.3. The third-order valence-corrected chi connectivity index (χ3v) is 4.05. The van der Waals surface area contributed by atoms with Crippen LogP contribution in [0.25, 0.3) is 0 Å². The smallest absolute Gasteiger partial charge is 0.408 e. The van der Waals surface area contributed by atoms with Crippen molar-refractivity contribution in [3.63, 3.8) is 0 Å². The van der Waals surface area contributed by atoms with Gasteiger partial charge in [0.05, 0.1) is 13.2 Å². The SMILES string of the molecule is COC(=O)CNC(=O)C(c1ccccc1O)N(CC#N)C(=O)C(C)NC(=O)OC(C)(C)C. The summed E-state index contributed by atoms with van der Waals surface area (Å²) in [4.78, 5) is 50.4. The third kappa shape index (κ3) is 7.79. The first-order valence-corrected chi connectivity index (χ1v) is 9.70. The zero-order valence-electron chi connectivity index (χ0n) is 18.7. The van der Waals surface area contributed by atoms with Crippen molar-refractivity contribution in [3.05, 3.63) is 29.8 Å². The number of esters is 1. The van der Waals surface area contributed by atoms with Gasteiger partial charge in [0.2, 0.25) is 11.8 Å². The molecule has 0 aliphatic heterocycles. The van der Waals surface area contributed by atoms with E-state index in [1.165, 1.54) is 31.2 Å². The van der Waals surface area contributed by atoms with Gasteiger partial charge in [0.25, 0.3) is 0 Å². The summed E-state index contributed by atoms with van der Waals surface area (Å²) in [6.07, 6.45) is -0.857. The number of alkyl carbamates (subject to hydrolysis) is 1. The second kappa shape index (κ2) is 11.5. The minimum atomic E-state index is -1.46. The lowest BCUT2D eigenvalue weighted by molar-refractivity contribution is -0.144. The number of para-hydroxylation sites is 1. The minimum Gasteiger partial charge on any atom is -0.508 e. The lowest BCUT2D eigenvalue weighted by atomic mass is 10.0. The molecular formula is C21H28N4O7. The highest BCUT2D eigenvalue weighted by molar-refractivity contribution is 5.93. The van der Waals surface area contributed by atoms with Gasteiger partial charge in [-0.1, -0.05) is 18.2 Å². The number of amides is 3. The van der Waals surface area contributed by atoms with E-state index in [2.05, 4.69) is 15.4 Å². The van der Waals surface area contributed by atoms with E-state index in [-0.39, 0.29) is 11.3 Å². The summed E-state index contributed by atoms with van der Waals surface area (Å²) in [5.41, 5.74) is -0.770. The summed E-state index contributed by atoms with van der Waals surface area (Å²) in [5.74, 6) is -2.63. The van der Waals surface area contributed by atoms with E-state index >= 15 is 0 Å². The van der Waals surface area contributed by atoms with E-state index in [4.69, 9.17) is 4.74 Å². The number of hydrogen-bond acceptors (Lipinski definition) is 8. The molecule has 0 spiro atoms. The van der Waals surface area contributed by atoms with Crippen LogP contribution in [0.15, 0.2) is 24.3 Å². The van der Waals surface area contributed by atoms with Gasteiger partial charge in [-0.3, -0.25) is 14.4 Å². The molecule has 0 aromatic heterocycles. The van der Waals surface area contributed by atoms with E-state index < -0.39 is 54.7 Å². The number of carbonyl (C=O) groups is 4. The molecule has 0 aliphatic rings. The van der Waals surface area contributed by atoms with Crippen LogP contribution in [0.5, 0.6) is 5.75 Å². The Balaban J connectivity index is 3.26. The Morgan fingerprint density at radius 1 is 1.22 bits per heavy atom. The number of hydrogen-bond donors (Lipinski definition) is 3. The van der Waals surface area contributed by atoms with Crippen LogP contribution in [0, 0.1) is 11.3 Å². The van der Waals surface area contributed by atoms with Crippen molar-refractivity contribution in [3.8, 4) is 11.8 Å². The number of nitriles is 1. The molecule has 0 aliphatic carbocycles. The quantitative estimate of drug-likeness (QED) is 0.392. The fraction of sp³-hybridized carbons (Fsp3) is 0.476. The number of nitrogens with one attached hydrogen (secondary N) is 2. The second-order valence-electron chi connectivity index (χ2n) is 7.75. The van der Waals surface area contributed by atoms with Crippen LogP contribution in [0.3, 0.4) is 0 Å².